The summed E-state index contributed by atoms with van der Waals surface area (Å²) >= 11 is 0. The maximum absolute atomic E-state index is 12.2. The molecule has 6 nitrogen and oxygen atoms in total. The van der Waals surface area contributed by atoms with Crippen LogP contribution in [-0.2, 0) is 0 Å². The summed E-state index contributed by atoms with van der Waals surface area (Å²) in [6.07, 6.45) is 4.06. The largest absolute Gasteiger partial charge is 0.399 e. The zero-order valence-corrected chi connectivity index (χ0v) is 13.1. The van der Waals surface area contributed by atoms with E-state index in [2.05, 4.69) is 19.8 Å². The first kappa shape index (κ1) is 15.4. The molecule has 1 aliphatic heterocycles. The number of nitrogen functional groups attached to an aromatic ring is 1. The number of aromatic nitrogens is 2. The maximum Gasteiger partial charge on any atom is 0.225 e. The van der Waals surface area contributed by atoms with Crippen molar-refractivity contribution < 1.29 is 4.79 Å². The first-order valence-electron chi connectivity index (χ1n) is 7.85. The lowest BCUT2D eigenvalue weighted by molar-refractivity contribution is 0.0962. The van der Waals surface area contributed by atoms with Crippen LogP contribution in [-0.4, -0.2) is 53.4 Å². The topological polar surface area (TPSA) is 75.4 Å². The molecule has 1 aromatic heterocycles. The van der Waals surface area contributed by atoms with E-state index in [1.807, 2.05) is 6.07 Å². The molecule has 3 rings (SSSR count). The van der Waals surface area contributed by atoms with Crippen LogP contribution in [0.15, 0.2) is 42.7 Å². The van der Waals surface area contributed by atoms with Crippen molar-refractivity contribution in [1.82, 2.24) is 14.9 Å². The quantitative estimate of drug-likeness (QED) is 0.665. The predicted octanol–water partition coefficient (Wildman–Crippen LogP) is 1.45. The number of rotatable bonds is 5. The van der Waals surface area contributed by atoms with E-state index in [-0.39, 0.29) is 5.78 Å². The highest BCUT2D eigenvalue weighted by Gasteiger charge is 2.19. The van der Waals surface area contributed by atoms with Gasteiger partial charge in [-0.2, -0.15) is 0 Å². The van der Waals surface area contributed by atoms with Crippen molar-refractivity contribution in [1.29, 1.82) is 0 Å². The minimum Gasteiger partial charge on any atom is -0.399 e. The van der Waals surface area contributed by atoms with E-state index < -0.39 is 0 Å². The van der Waals surface area contributed by atoms with Crippen molar-refractivity contribution >= 4 is 17.4 Å². The van der Waals surface area contributed by atoms with E-state index >= 15 is 0 Å². The third kappa shape index (κ3) is 4.04. The molecular formula is C17H21N5O. The minimum absolute atomic E-state index is 0.166. The fraction of sp³-hybridized carbons (Fsp3) is 0.353. The van der Waals surface area contributed by atoms with Gasteiger partial charge in [0.2, 0.25) is 5.95 Å². The molecule has 2 N–H and O–H groups in total. The Hall–Kier alpha value is -2.47. The first-order valence-corrected chi connectivity index (χ1v) is 7.85. The highest BCUT2D eigenvalue weighted by atomic mass is 16.1. The third-order valence-corrected chi connectivity index (χ3v) is 4.10. The summed E-state index contributed by atoms with van der Waals surface area (Å²) in [6.45, 7) is 4.41. The standard InChI is InChI=1S/C17H21N5O/c18-15-4-2-14(3-5-15)16(23)6-9-21-10-12-22(13-11-21)17-19-7-1-8-20-17/h1-5,7-8H,6,9-13,18H2. The highest BCUT2D eigenvalue weighted by Crippen LogP contribution is 2.12. The first-order chi connectivity index (χ1) is 11.2. The van der Waals surface area contributed by atoms with Gasteiger partial charge in [-0.1, -0.05) is 0 Å². The molecule has 0 spiro atoms. The van der Waals surface area contributed by atoms with Gasteiger partial charge in [0, 0.05) is 62.8 Å². The molecule has 0 saturated carbocycles. The Balaban J connectivity index is 1.46. The summed E-state index contributed by atoms with van der Waals surface area (Å²) in [7, 11) is 0. The van der Waals surface area contributed by atoms with Gasteiger partial charge >= 0.3 is 0 Å². The van der Waals surface area contributed by atoms with Crippen LogP contribution in [0.2, 0.25) is 0 Å². The Morgan fingerprint density at radius 2 is 1.70 bits per heavy atom. The Labute approximate surface area is 135 Å². The number of hydrogen-bond acceptors (Lipinski definition) is 6. The van der Waals surface area contributed by atoms with E-state index in [0.717, 1.165) is 44.2 Å². The van der Waals surface area contributed by atoms with Crippen molar-refractivity contribution in [3.63, 3.8) is 0 Å². The fourth-order valence-electron chi connectivity index (χ4n) is 2.70. The van der Waals surface area contributed by atoms with Crippen LogP contribution >= 0.6 is 0 Å². The Morgan fingerprint density at radius 3 is 2.35 bits per heavy atom. The monoisotopic (exact) mass is 311 g/mol. The molecule has 0 bridgehead atoms. The normalized spacial score (nSPS) is 15.6. The predicted molar refractivity (Wildman–Crippen MR) is 90.5 cm³/mol. The van der Waals surface area contributed by atoms with Crippen LogP contribution < -0.4 is 10.6 Å². The molecule has 1 saturated heterocycles. The van der Waals surface area contributed by atoms with Crippen molar-refractivity contribution in [2.24, 2.45) is 0 Å². The average Bonchev–Trinajstić information content (AvgIpc) is 2.61. The zero-order chi connectivity index (χ0) is 16.1. The summed E-state index contributed by atoms with van der Waals surface area (Å²) in [4.78, 5) is 25.2. The van der Waals surface area contributed by atoms with Crippen LogP contribution in [0.5, 0.6) is 0 Å². The summed E-state index contributed by atoms with van der Waals surface area (Å²) in [5.74, 6) is 0.948. The lowest BCUT2D eigenvalue weighted by atomic mass is 10.1. The SMILES string of the molecule is Nc1ccc(C(=O)CCN2CCN(c3ncccn3)CC2)cc1. The minimum atomic E-state index is 0.166. The van der Waals surface area contributed by atoms with Crippen molar-refractivity contribution in [2.75, 3.05) is 43.4 Å². The molecule has 1 fully saturated rings. The van der Waals surface area contributed by atoms with Gasteiger partial charge in [0.15, 0.2) is 5.78 Å². The molecule has 0 radical (unpaired) electrons. The number of carbonyl (C=O) groups is 1. The van der Waals surface area contributed by atoms with Crippen LogP contribution in [0.3, 0.4) is 0 Å². The molecular weight excluding hydrogens is 290 g/mol. The number of carbonyl (C=O) groups excluding carboxylic acids is 1. The molecule has 1 aliphatic rings. The second kappa shape index (κ2) is 7.19. The Morgan fingerprint density at radius 1 is 1.04 bits per heavy atom. The van der Waals surface area contributed by atoms with E-state index in [4.69, 9.17) is 5.73 Å². The summed E-state index contributed by atoms with van der Waals surface area (Å²) in [5.41, 5.74) is 7.06. The van der Waals surface area contributed by atoms with Gasteiger partial charge in [0.25, 0.3) is 0 Å². The summed E-state index contributed by atoms with van der Waals surface area (Å²) < 4.78 is 0. The summed E-state index contributed by atoms with van der Waals surface area (Å²) in [6, 6.07) is 8.95. The van der Waals surface area contributed by atoms with Gasteiger partial charge in [0.05, 0.1) is 0 Å². The number of Topliss-reactive ketones (excluding diaryl/α,β-unsaturated/α-hetero) is 1. The average molecular weight is 311 g/mol. The van der Waals surface area contributed by atoms with Gasteiger partial charge in [-0.05, 0) is 30.3 Å². The van der Waals surface area contributed by atoms with Gasteiger partial charge in [-0.3, -0.25) is 9.69 Å². The molecule has 6 heteroatoms. The van der Waals surface area contributed by atoms with E-state index in [1.165, 1.54) is 0 Å². The molecule has 120 valence electrons. The van der Waals surface area contributed by atoms with E-state index in [1.54, 1.807) is 36.7 Å². The molecule has 0 amide bonds. The van der Waals surface area contributed by atoms with Gasteiger partial charge in [-0.25, -0.2) is 9.97 Å². The molecule has 0 unspecified atom stereocenters. The second-order valence-electron chi connectivity index (χ2n) is 5.67. The number of benzene rings is 1. The van der Waals surface area contributed by atoms with Crippen molar-refractivity contribution in [2.45, 2.75) is 6.42 Å². The number of nitrogens with zero attached hydrogens (tertiary/aromatic N) is 4. The van der Waals surface area contributed by atoms with E-state index in [9.17, 15) is 4.79 Å². The molecule has 2 aromatic rings. The van der Waals surface area contributed by atoms with Crippen LogP contribution in [0, 0.1) is 0 Å². The smallest absolute Gasteiger partial charge is 0.225 e. The lowest BCUT2D eigenvalue weighted by Crippen LogP contribution is -2.47. The maximum atomic E-state index is 12.2. The Kier molecular flexibility index (Phi) is 4.83. The fourth-order valence-corrected chi connectivity index (χ4v) is 2.70. The molecule has 1 aromatic carbocycles. The molecule has 0 atom stereocenters. The van der Waals surface area contributed by atoms with Gasteiger partial charge < -0.3 is 10.6 Å². The number of piperazine rings is 1. The molecule has 0 aliphatic carbocycles. The zero-order valence-electron chi connectivity index (χ0n) is 13.1. The van der Waals surface area contributed by atoms with Gasteiger partial charge in [-0.15, -0.1) is 0 Å². The number of anilines is 2. The molecule has 23 heavy (non-hydrogen) atoms. The van der Waals surface area contributed by atoms with E-state index in [0.29, 0.717) is 12.1 Å². The highest BCUT2D eigenvalue weighted by molar-refractivity contribution is 5.96. The Bertz CT molecular complexity index is 636. The van der Waals surface area contributed by atoms with Gasteiger partial charge in [0.1, 0.15) is 0 Å². The number of ketones is 1. The van der Waals surface area contributed by atoms with Crippen molar-refractivity contribution in [3.05, 3.63) is 48.3 Å². The molecule has 2 heterocycles. The second-order valence-corrected chi connectivity index (χ2v) is 5.67. The van der Waals surface area contributed by atoms with Crippen LogP contribution in [0.4, 0.5) is 11.6 Å². The lowest BCUT2D eigenvalue weighted by Gasteiger charge is -2.34. The summed E-state index contributed by atoms with van der Waals surface area (Å²) in [5, 5.41) is 0. The number of hydrogen-bond donors (Lipinski definition) is 1. The van der Waals surface area contributed by atoms with Crippen molar-refractivity contribution in [3.8, 4) is 0 Å². The van der Waals surface area contributed by atoms with Crippen LogP contribution in [0.1, 0.15) is 16.8 Å². The van der Waals surface area contributed by atoms with Crippen LogP contribution in [0.25, 0.3) is 0 Å². The number of nitrogens with two attached hydrogens (primary N) is 1. The third-order valence-electron chi connectivity index (χ3n) is 4.10.